The maximum absolute atomic E-state index is 13.5. The largest absolute Gasteiger partial charge is 0.457 e. The van der Waals surface area contributed by atoms with E-state index in [-0.39, 0.29) is 17.9 Å². The van der Waals surface area contributed by atoms with Crippen LogP contribution in [0, 0.1) is 12.7 Å². The van der Waals surface area contributed by atoms with Gasteiger partial charge in [-0.05, 0) is 19.1 Å². The summed E-state index contributed by atoms with van der Waals surface area (Å²) >= 11 is 0. The Morgan fingerprint density at radius 1 is 1.53 bits per heavy atom. The topological polar surface area (TPSA) is 70.1 Å². The second kappa shape index (κ2) is 5.09. The molecular weight excluding hydrogens is 249 g/mol. The van der Waals surface area contributed by atoms with E-state index in [0.29, 0.717) is 5.56 Å². The first-order chi connectivity index (χ1) is 8.97. The minimum Gasteiger partial charge on any atom is -0.457 e. The second-order valence-corrected chi connectivity index (χ2v) is 4.27. The molecule has 5 nitrogen and oxygen atoms in total. The molecule has 0 bridgehead atoms. The fourth-order valence-electron chi connectivity index (χ4n) is 1.60. The van der Waals surface area contributed by atoms with Crippen molar-refractivity contribution in [1.29, 1.82) is 0 Å². The molecule has 19 heavy (non-hydrogen) atoms. The summed E-state index contributed by atoms with van der Waals surface area (Å²) in [5.74, 6) is -1.14. The Morgan fingerprint density at radius 2 is 2.26 bits per heavy atom. The first-order valence-electron chi connectivity index (χ1n) is 5.67. The fraction of sp³-hybridized carbons (Fsp3) is 0.231. The number of nitrogen functional groups attached to an aromatic ring is 1. The monoisotopic (exact) mass is 263 g/mol. The molecule has 2 N–H and O–H groups in total. The zero-order valence-corrected chi connectivity index (χ0v) is 10.7. The average molecular weight is 263 g/mol. The number of nitrogens with zero attached hydrogens (tertiary/aromatic N) is 2. The third-order valence-electron chi connectivity index (χ3n) is 2.75. The number of aromatic nitrogens is 2. The molecule has 6 heteroatoms. The number of aryl methyl sites for hydroxylation is 1. The van der Waals surface area contributed by atoms with Crippen molar-refractivity contribution >= 4 is 11.7 Å². The highest BCUT2D eigenvalue weighted by Crippen LogP contribution is 2.18. The lowest BCUT2D eigenvalue weighted by Gasteiger charge is -2.06. The third-order valence-corrected chi connectivity index (χ3v) is 2.75. The van der Waals surface area contributed by atoms with Crippen molar-refractivity contribution in [2.45, 2.75) is 13.5 Å². The maximum atomic E-state index is 13.5. The van der Waals surface area contributed by atoms with Crippen molar-refractivity contribution in [2.24, 2.45) is 7.05 Å². The van der Waals surface area contributed by atoms with Crippen LogP contribution in [0.3, 0.4) is 0 Å². The van der Waals surface area contributed by atoms with Crippen molar-refractivity contribution in [3.8, 4) is 0 Å². The van der Waals surface area contributed by atoms with Gasteiger partial charge < -0.3 is 10.5 Å². The van der Waals surface area contributed by atoms with Gasteiger partial charge in [-0.1, -0.05) is 0 Å². The van der Waals surface area contributed by atoms with Crippen LogP contribution in [0.2, 0.25) is 0 Å². The van der Waals surface area contributed by atoms with Crippen LogP contribution in [0.15, 0.2) is 24.5 Å². The van der Waals surface area contributed by atoms with Crippen molar-refractivity contribution in [3.63, 3.8) is 0 Å². The quantitative estimate of drug-likeness (QED) is 0.677. The van der Waals surface area contributed by atoms with Gasteiger partial charge in [0.05, 0.1) is 11.8 Å². The van der Waals surface area contributed by atoms with Crippen molar-refractivity contribution in [3.05, 3.63) is 47.0 Å². The zero-order chi connectivity index (χ0) is 14.0. The number of halogens is 1. The van der Waals surface area contributed by atoms with E-state index in [2.05, 4.69) is 5.10 Å². The Balaban J connectivity index is 2.08. The summed E-state index contributed by atoms with van der Waals surface area (Å²) < 4.78 is 20.1. The summed E-state index contributed by atoms with van der Waals surface area (Å²) in [5, 5.41) is 3.95. The van der Waals surface area contributed by atoms with Gasteiger partial charge in [-0.2, -0.15) is 5.10 Å². The van der Waals surface area contributed by atoms with E-state index in [1.54, 1.807) is 31.0 Å². The number of esters is 1. The van der Waals surface area contributed by atoms with Gasteiger partial charge in [-0.3, -0.25) is 4.68 Å². The molecule has 0 amide bonds. The molecule has 1 aromatic heterocycles. The summed E-state index contributed by atoms with van der Waals surface area (Å²) in [6.07, 6.45) is 3.33. The highest BCUT2D eigenvalue weighted by Gasteiger charge is 2.12. The van der Waals surface area contributed by atoms with Gasteiger partial charge in [0.25, 0.3) is 0 Å². The van der Waals surface area contributed by atoms with Crippen LogP contribution in [-0.2, 0) is 18.4 Å². The van der Waals surface area contributed by atoms with Gasteiger partial charge in [0.15, 0.2) is 0 Å². The van der Waals surface area contributed by atoms with E-state index in [1.807, 2.05) is 0 Å². The summed E-state index contributed by atoms with van der Waals surface area (Å²) in [7, 11) is 1.77. The Labute approximate surface area is 109 Å². The van der Waals surface area contributed by atoms with Crippen LogP contribution in [-0.4, -0.2) is 15.7 Å². The number of carbonyl (C=O) groups excluding carboxylic acids is 1. The van der Waals surface area contributed by atoms with Gasteiger partial charge in [-0.15, -0.1) is 0 Å². The molecule has 1 heterocycles. The Hall–Kier alpha value is -2.37. The number of ether oxygens (including phenoxy) is 1. The molecule has 0 saturated carbocycles. The van der Waals surface area contributed by atoms with E-state index in [0.717, 1.165) is 11.6 Å². The molecule has 0 aliphatic carbocycles. The molecular formula is C13H14FN3O2. The summed E-state index contributed by atoms with van der Waals surface area (Å²) in [5.41, 5.74) is 7.02. The Bertz CT molecular complexity index is 599. The number of rotatable bonds is 3. The van der Waals surface area contributed by atoms with Crippen LogP contribution in [0.5, 0.6) is 0 Å². The lowest BCUT2D eigenvalue weighted by Crippen LogP contribution is -2.07. The highest BCUT2D eigenvalue weighted by atomic mass is 19.1. The normalized spacial score (nSPS) is 10.5. The molecule has 0 atom stereocenters. The number of hydrogen-bond acceptors (Lipinski definition) is 4. The molecule has 2 aromatic rings. The van der Waals surface area contributed by atoms with Gasteiger partial charge in [0.2, 0.25) is 0 Å². The third kappa shape index (κ3) is 2.90. The minimum atomic E-state index is -0.616. The summed E-state index contributed by atoms with van der Waals surface area (Å²) in [6.45, 7) is 1.64. The number of benzene rings is 1. The molecule has 0 unspecified atom stereocenters. The molecule has 0 aliphatic heterocycles. The van der Waals surface area contributed by atoms with E-state index >= 15 is 0 Å². The first kappa shape index (κ1) is 13.1. The van der Waals surface area contributed by atoms with Gasteiger partial charge in [0, 0.05) is 30.1 Å². The van der Waals surface area contributed by atoms with Gasteiger partial charge in [-0.25, -0.2) is 9.18 Å². The van der Waals surface area contributed by atoms with E-state index < -0.39 is 11.8 Å². The summed E-state index contributed by atoms with van der Waals surface area (Å²) in [6, 6.07) is 2.53. The van der Waals surface area contributed by atoms with Crippen LogP contribution in [0.4, 0.5) is 10.1 Å². The molecule has 0 saturated heterocycles. The van der Waals surface area contributed by atoms with Crippen molar-refractivity contribution in [1.82, 2.24) is 9.78 Å². The molecule has 2 rings (SSSR count). The van der Waals surface area contributed by atoms with E-state index in [9.17, 15) is 9.18 Å². The minimum absolute atomic E-state index is 0.0854. The van der Waals surface area contributed by atoms with Crippen LogP contribution in [0.1, 0.15) is 21.5 Å². The van der Waals surface area contributed by atoms with Gasteiger partial charge >= 0.3 is 5.97 Å². The number of anilines is 1. The van der Waals surface area contributed by atoms with Gasteiger partial charge in [0.1, 0.15) is 12.4 Å². The molecule has 100 valence electrons. The molecule has 1 aromatic carbocycles. The number of carbonyl (C=O) groups is 1. The Morgan fingerprint density at radius 3 is 2.84 bits per heavy atom. The smallest absolute Gasteiger partial charge is 0.338 e. The van der Waals surface area contributed by atoms with Crippen LogP contribution < -0.4 is 5.73 Å². The molecule has 0 fully saturated rings. The SMILES string of the molecule is Cc1c(N)cc(C(=O)OCc2cnn(C)c2)cc1F. The van der Waals surface area contributed by atoms with E-state index in [1.165, 1.54) is 6.07 Å². The maximum Gasteiger partial charge on any atom is 0.338 e. The summed E-state index contributed by atoms with van der Waals surface area (Å²) in [4.78, 5) is 11.8. The highest BCUT2D eigenvalue weighted by molar-refractivity contribution is 5.90. The standard InChI is InChI=1S/C13H14FN3O2/c1-8-11(14)3-10(4-12(8)15)13(18)19-7-9-5-16-17(2)6-9/h3-6H,7,15H2,1-2H3. The Kier molecular flexibility index (Phi) is 3.50. The number of nitrogens with two attached hydrogens (primary N) is 1. The lowest BCUT2D eigenvalue weighted by molar-refractivity contribution is 0.0472. The average Bonchev–Trinajstić information content (AvgIpc) is 2.78. The molecule has 0 spiro atoms. The first-order valence-corrected chi connectivity index (χ1v) is 5.67. The van der Waals surface area contributed by atoms with Crippen LogP contribution >= 0.6 is 0 Å². The fourth-order valence-corrected chi connectivity index (χ4v) is 1.60. The van der Waals surface area contributed by atoms with Crippen molar-refractivity contribution < 1.29 is 13.9 Å². The van der Waals surface area contributed by atoms with Crippen LogP contribution in [0.25, 0.3) is 0 Å². The lowest BCUT2D eigenvalue weighted by atomic mass is 10.1. The predicted molar refractivity (Wildman–Crippen MR) is 67.9 cm³/mol. The molecule has 0 radical (unpaired) electrons. The zero-order valence-electron chi connectivity index (χ0n) is 10.7. The van der Waals surface area contributed by atoms with E-state index in [4.69, 9.17) is 10.5 Å². The molecule has 0 aliphatic rings. The number of hydrogen-bond donors (Lipinski definition) is 1. The second-order valence-electron chi connectivity index (χ2n) is 4.27. The van der Waals surface area contributed by atoms with Crippen molar-refractivity contribution in [2.75, 3.05) is 5.73 Å². The predicted octanol–water partition coefficient (Wildman–Crippen LogP) is 1.81.